The Kier molecular flexibility index (Phi) is 14.3. The quantitative estimate of drug-likeness (QED) is 0.0467. The van der Waals surface area contributed by atoms with Crippen molar-refractivity contribution in [1.82, 2.24) is 19.6 Å². The topological polar surface area (TPSA) is 195 Å². The summed E-state index contributed by atoms with van der Waals surface area (Å²) < 4.78 is 42.1. The van der Waals surface area contributed by atoms with Crippen molar-refractivity contribution in [3.8, 4) is 5.88 Å². The van der Waals surface area contributed by atoms with Crippen molar-refractivity contribution in [2.24, 2.45) is 11.3 Å². The number of nitrogens with zero attached hydrogens (tertiary/aromatic N) is 5. The van der Waals surface area contributed by atoms with Crippen LogP contribution in [0.3, 0.4) is 0 Å². The average Bonchev–Trinajstić information content (AvgIpc) is 3.69. The first-order valence-electron chi connectivity index (χ1n) is 24.0. The number of nitro benzene ring substituents is 1. The Morgan fingerprint density at radius 1 is 1.03 bits per heavy atom. The third-order valence-corrected chi connectivity index (χ3v) is 18.7. The molecule has 5 heterocycles. The molecule has 4 aliphatic rings. The molecule has 0 spiro atoms. The summed E-state index contributed by atoms with van der Waals surface area (Å²) in [5, 5.41) is 17.0. The molecule has 2 aromatic heterocycles. The molecular weight excluding hydrogens is 939 g/mol. The fraction of sp³-hybridized carbons (Fsp3) is 0.440. The van der Waals surface area contributed by atoms with Gasteiger partial charge < -0.3 is 19.5 Å². The number of nitro groups is 1. The normalized spacial score (nSPS) is 20.2. The molecule has 16 nitrogen and oxygen atoms in total. The van der Waals surface area contributed by atoms with Gasteiger partial charge in [0.2, 0.25) is 5.88 Å². The number of anilines is 4. The summed E-state index contributed by atoms with van der Waals surface area (Å²) >= 11 is 6.28. The van der Waals surface area contributed by atoms with E-state index in [4.69, 9.17) is 25.8 Å². The van der Waals surface area contributed by atoms with Crippen LogP contribution in [-0.4, -0.2) is 110 Å². The van der Waals surface area contributed by atoms with E-state index in [1.807, 2.05) is 48.2 Å². The monoisotopic (exact) mass is 1000 g/mol. The molecule has 9 rings (SSSR count). The molecule has 19 heteroatoms. The van der Waals surface area contributed by atoms with Gasteiger partial charge in [-0.2, -0.15) is 4.98 Å². The molecule has 3 aromatic carbocycles. The number of ether oxygens (including phenoxy) is 1. The van der Waals surface area contributed by atoms with Gasteiger partial charge in [0, 0.05) is 61.6 Å². The van der Waals surface area contributed by atoms with Crippen LogP contribution in [0, 0.1) is 21.4 Å². The second-order valence-electron chi connectivity index (χ2n) is 19.6. The number of aromatic nitrogens is 2. The molecule has 4 N–H and O–H groups in total. The Bertz CT molecular complexity index is 2860. The van der Waals surface area contributed by atoms with Gasteiger partial charge in [-0.15, -0.1) is 0 Å². The number of rotatable bonds is 14. The molecule has 0 bridgehead atoms. The fourth-order valence-corrected chi connectivity index (χ4v) is 14.2. The van der Waals surface area contributed by atoms with Crippen LogP contribution < -0.4 is 24.6 Å². The third kappa shape index (κ3) is 11.0. The number of fused-ring (bicyclic) bond motifs is 2. The van der Waals surface area contributed by atoms with Gasteiger partial charge in [0.05, 0.1) is 17.9 Å². The molecule has 1 amide bonds. The molecule has 3 aliphatic heterocycles. The summed E-state index contributed by atoms with van der Waals surface area (Å²) in [5.41, 5.74) is 6.81. The van der Waals surface area contributed by atoms with Crippen LogP contribution in [0.4, 0.5) is 28.4 Å². The Morgan fingerprint density at radius 3 is 2.54 bits per heavy atom. The first-order chi connectivity index (χ1) is 33.1. The number of hydrogen-bond acceptors (Lipinski definition) is 13. The molecule has 69 heavy (non-hydrogen) atoms. The summed E-state index contributed by atoms with van der Waals surface area (Å²) in [6.07, 6.45) is 8.19. The maximum atomic E-state index is 14.5. The second-order valence-corrected chi connectivity index (χ2v) is 24.9. The van der Waals surface area contributed by atoms with Crippen LogP contribution in [0.15, 0.2) is 89.5 Å². The number of carbonyl (C=O) groups is 1. The number of sulfonamides is 1. The zero-order chi connectivity index (χ0) is 48.5. The summed E-state index contributed by atoms with van der Waals surface area (Å²) in [7, 11) is -7.32. The first-order valence-corrected chi connectivity index (χ1v) is 28.1. The van der Waals surface area contributed by atoms with E-state index in [1.165, 1.54) is 28.8 Å². The molecule has 368 valence electrons. The van der Waals surface area contributed by atoms with Gasteiger partial charge >= 0.3 is 152 Å². The Labute approximate surface area is 409 Å². The van der Waals surface area contributed by atoms with E-state index in [2.05, 4.69) is 50.8 Å². The molecule has 5 aromatic rings. The van der Waals surface area contributed by atoms with E-state index < -0.39 is 39.2 Å². The molecule has 0 atom stereocenters. The summed E-state index contributed by atoms with van der Waals surface area (Å²) in [6.45, 7) is 12.3. The van der Waals surface area contributed by atoms with Crippen molar-refractivity contribution < 1.29 is 32.3 Å². The van der Waals surface area contributed by atoms with Gasteiger partial charge in [-0.1, -0.05) is 43.2 Å². The number of halogens is 1. The van der Waals surface area contributed by atoms with E-state index >= 15 is 0 Å². The van der Waals surface area contributed by atoms with Crippen LogP contribution >= 0.6 is 19.3 Å². The van der Waals surface area contributed by atoms with Crippen LogP contribution in [0.25, 0.3) is 16.6 Å². The number of nitrogens with one attached hydrogen (secondary N) is 3. The molecule has 1 aliphatic carbocycles. The number of piperazine rings is 1. The molecule has 0 unspecified atom stereocenters. The molecule has 2 fully saturated rings. The number of H-pyrrole nitrogens is 1. The Balaban J connectivity index is 0.962. The van der Waals surface area contributed by atoms with Crippen molar-refractivity contribution in [2.75, 3.05) is 86.5 Å². The van der Waals surface area contributed by atoms with Crippen molar-refractivity contribution >= 4 is 80.3 Å². The van der Waals surface area contributed by atoms with E-state index in [0.29, 0.717) is 67.9 Å². The standard InChI is InChI=1S/C50H62ClN8O8PS/c1-4-67-68(63)26-16-34(17-27-68)32-53-43-13-11-40(30-45(43)59(61)62)69(64,65)55-48(60)41-12-10-39(29-44(41)58-20-5-25-66-49-46(58)28-36-15-19-52-47(36)54-49)57-23-21-56(22-24-57)33-37-14-18-50(2,3)31-42(37)35-6-8-38(51)9-7-35/h6-13,15,19,28-30,34,53,63,68H,4-5,14,16-18,20-27,31-33H2,1-3H3,(H,52,54)(H,55,60). The SMILES string of the molecule is CCO[PH]1(O)CCC(CNc2ccc(S(=O)(=O)NC(=O)c3ccc(N4CCN(CC5=C(c6ccc(Cl)cc6)CC(C)(C)CC5)CC4)cc3N3CCCOc4nc5[nH]ccc5cc43)cc2[N+](=O)[O-])CC1. The Hall–Kier alpha value is -5.29. The zero-order valence-electron chi connectivity index (χ0n) is 39.4. The van der Waals surface area contributed by atoms with Crippen LogP contribution in [0.5, 0.6) is 5.88 Å². The maximum absolute atomic E-state index is 14.5. The predicted octanol–water partition coefficient (Wildman–Crippen LogP) is 9.38. The number of pyridine rings is 1. The summed E-state index contributed by atoms with van der Waals surface area (Å²) in [5.74, 6) is -0.343. The number of carbonyl (C=O) groups excluding carboxylic acids is 1. The number of allylic oxidation sites excluding steroid dienone is 1. The van der Waals surface area contributed by atoms with Gasteiger partial charge in [-0.25, -0.2) is 0 Å². The molecule has 0 saturated carbocycles. The van der Waals surface area contributed by atoms with Gasteiger partial charge in [0.25, 0.3) is 0 Å². The van der Waals surface area contributed by atoms with Crippen LogP contribution in [-0.2, 0) is 14.5 Å². The fourth-order valence-electron chi connectivity index (χ4n) is 10.3. The van der Waals surface area contributed by atoms with Gasteiger partial charge in [0.15, 0.2) is 0 Å². The number of aromatic amines is 1. The third-order valence-electron chi connectivity index (χ3n) is 14.2. The van der Waals surface area contributed by atoms with E-state index in [-0.39, 0.29) is 22.6 Å². The molecule has 2 saturated heterocycles. The molecular formula is C50H62ClN8O8PS. The Morgan fingerprint density at radius 2 is 1.80 bits per heavy atom. The first kappa shape index (κ1) is 48.7. The van der Waals surface area contributed by atoms with Crippen molar-refractivity contribution in [1.29, 1.82) is 0 Å². The zero-order valence-corrected chi connectivity index (χ0v) is 42.0. The van der Waals surface area contributed by atoms with Crippen molar-refractivity contribution in [3.05, 3.63) is 111 Å². The minimum atomic E-state index is -4.60. The van der Waals surface area contributed by atoms with E-state index in [1.54, 1.807) is 12.3 Å². The van der Waals surface area contributed by atoms with Crippen molar-refractivity contribution in [3.63, 3.8) is 0 Å². The van der Waals surface area contributed by atoms with Crippen molar-refractivity contribution in [2.45, 2.75) is 64.2 Å². The summed E-state index contributed by atoms with van der Waals surface area (Å²) in [6, 6.07) is 21.1. The predicted molar refractivity (Wildman–Crippen MR) is 275 cm³/mol. The number of hydrogen-bond donors (Lipinski definition) is 4. The number of amides is 1. The van der Waals surface area contributed by atoms with Crippen LogP contribution in [0.1, 0.15) is 75.2 Å². The van der Waals surface area contributed by atoms with Gasteiger partial charge in [0.1, 0.15) is 11.3 Å². The van der Waals surface area contributed by atoms with Crippen LogP contribution in [0.2, 0.25) is 5.02 Å². The van der Waals surface area contributed by atoms with Gasteiger partial charge in [-0.3, -0.25) is 9.69 Å². The summed E-state index contributed by atoms with van der Waals surface area (Å²) in [4.78, 5) is 51.2. The van der Waals surface area contributed by atoms with E-state index in [0.717, 1.165) is 87.0 Å². The molecule has 0 radical (unpaired) electrons. The second kappa shape index (κ2) is 20.2. The minimum absolute atomic E-state index is 0.101. The van der Waals surface area contributed by atoms with Gasteiger partial charge in [-0.05, 0) is 84.7 Å². The number of benzene rings is 3. The average molecular weight is 1000 g/mol. The van der Waals surface area contributed by atoms with E-state index in [9.17, 15) is 28.2 Å².